The molecule has 2 aromatic carbocycles. The number of hydrogen-bond donors (Lipinski definition) is 1. The fourth-order valence-corrected chi connectivity index (χ4v) is 6.18. The molecule has 28 heavy (non-hydrogen) atoms. The molecule has 0 spiro atoms. The van der Waals surface area contributed by atoms with Gasteiger partial charge in [0.1, 0.15) is 16.5 Å². The second-order valence-corrected chi connectivity index (χ2v) is 9.46. The van der Waals surface area contributed by atoms with E-state index in [1.807, 2.05) is 6.92 Å². The van der Waals surface area contributed by atoms with Crippen LogP contribution >= 0.6 is 11.3 Å². The average molecular weight is 419 g/mol. The molecule has 2 heterocycles. The maximum atomic E-state index is 14.3. The zero-order valence-corrected chi connectivity index (χ0v) is 16.3. The van der Waals surface area contributed by atoms with Crippen molar-refractivity contribution in [2.45, 2.75) is 29.1 Å². The Kier molecular flexibility index (Phi) is 4.55. The van der Waals surface area contributed by atoms with E-state index in [4.69, 9.17) is 0 Å². The van der Waals surface area contributed by atoms with Gasteiger partial charge in [0, 0.05) is 22.6 Å². The highest BCUT2D eigenvalue weighted by Gasteiger charge is 2.35. The highest BCUT2D eigenvalue weighted by atomic mass is 32.2. The van der Waals surface area contributed by atoms with E-state index in [1.165, 1.54) is 17.5 Å². The number of hydrogen-bond acceptors (Lipinski definition) is 4. The Morgan fingerprint density at radius 3 is 2.54 bits per heavy atom. The van der Waals surface area contributed by atoms with Crippen molar-refractivity contribution >= 4 is 32.8 Å². The largest absolute Gasteiger partial charge is 0.324 e. The van der Waals surface area contributed by atoms with Gasteiger partial charge in [-0.2, -0.15) is 0 Å². The summed E-state index contributed by atoms with van der Waals surface area (Å²) < 4.78 is 54.1. The van der Waals surface area contributed by atoms with Crippen LogP contribution in [0.4, 0.5) is 14.5 Å². The Balaban J connectivity index is 1.85. The third-order valence-electron chi connectivity index (χ3n) is 4.71. The van der Waals surface area contributed by atoms with Crippen molar-refractivity contribution in [2.75, 3.05) is 5.32 Å². The van der Waals surface area contributed by atoms with Crippen LogP contribution in [-0.2, 0) is 14.6 Å². The van der Waals surface area contributed by atoms with Gasteiger partial charge in [0.25, 0.3) is 0 Å². The Morgan fingerprint density at radius 2 is 1.82 bits per heavy atom. The van der Waals surface area contributed by atoms with Crippen LogP contribution in [-0.4, -0.2) is 14.3 Å². The number of carbonyl (C=O) groups is 1. The lowest BCUT2D eigenvalue weighted by molar-refractivity contribution is -0.116. The summed E-state index contributed by atoms with van der Waals surface area (Å²) in [6.07, 6.45) is -0.0854. The molecule has 1 N–H and O–H groups in total. The van der Waals surface area contributed by atoms with Crippen molar-refractivity contribution in [2.24, 2.45) is 0 Å². The number of nitrogens with one attached hydrogen (secondary N) is 1. The van der Waals surface area contributed by atoms with Crippen LogP contribution in [0.5, 0.6) is 0 Å². The van der Waals surface area contributed by atoms with Gasteiger partial charge in [-0.3, -0.25) is 4.79 Å². The summed E-state index contributed by atoms with van der Waals surface area (Å²) in [7, 11) is -3.87. The van der Waals surface area contributed by atoms with E-state index in [0.29, 0.717) is 4.88 Å². The summed E-state index contributed by atoms with van der Waals surface area (Å²) in [5, 5.41) is 4.05. The van der Waals surface area contributed by atoms with Gasteiger partial charge in [0.2, 0.25) is 15.7 Å². The predicted octanol–water partition coefficient (Wildman–Crippen LogP) is 4.64. The first-order valence-corrected chi connectivity index (χ1v) is 10.8. The monoisotopic (exact) mass is 419 g/mol. The van der Waals surface area contributed by atoms with Gasteiger partial charge in [0.15, 0.2) is 0 Å². The lowest BCUT2D eigenvalue weighted by Crippen LogP contribution is -2.24. The van der Waals surface area contributed by atoms with Crippen molar-refractivity contribution in [3.63, 3.8) is 0 Å². The van der Waals surface area contributed by atoms with Crippen molar-refractivity contribution in [1.82, 2.24) is 0 Å². The third kappa shape index (κ3) is 3.12. The minimum absolute atomic E-state index is 0.0359. The van der Waals surface area contributed by atoms with Gasteiger partial charge in [-0.1, -0.05) is 17.7 Å². The molecule has 1 amide bonds. The highest BCUT2D eigenvalue weighted by Crippen LogP contribution is 2.46. The molecule has 1 aliphatic heterocycles. The molecule has 0 saturated heterocycles. The second kappa shape index (κ2) is 6.79. The number of benzene rings is 2. The smallest absolute Gasteiger partial charge is 0.225 e. The summed E-state index contributed by atoms with van der Waals surface area (Å²) in [4.78, 5) is 12.8. The molecular formula is C20H15F2NO3S2. The fraction of sp³-hybridized carbons (Fsp3) is 0.150. The Morgan fingerprint density at radius 1 is 1.11 bits per heavy atom. The molecule has 0 aliphatic carbocycles. The van der Waals surface area contributed by atoms with Crippen LogP contribution in [0.3, 0.4) is 0 Å². The first-order chi connectivity index (χ1) is 13.3. The van der Waals surface area contributed by atoms with Crippen LogP contribution in [0.25, 0.3) is 0 Å². The van der Waals surface area contributed by atoms with Crippen LogP contribution in [0.2, 0.25) is 0 Å². The normalized spacial score (nSPS) is 16.5. The van der Waals surface area contributed by atoms with E-state index < -0.39 is 33.3 Å². The molecule has 1 aromatic heterocycles. The lowest BCUT2D eigenvalue weighted by Gasteiger charge is -2.24. The number of aryl methyl sites for hydroxylation is 1. The van der Waals surface area contributed by atoms with Crippen molar-refractivity contribution < 1.29 is 22.0 Å². The molecule has 4 rings (SSSR count). The number of rotatable bonds is 3. The third-order valence-corrected chi connectivity index (χ3v) is 7.75. The number of carbonyl (C=O) groups excluding carboxylic acids is 1. The van der Waals surface area contributed by atoms with Gasteiger partial charge in [-0.05, 0) is 42.8 Å². The topological polar surface area (TPSA) is 63.2 Å². The first kappa shape index (κ1) is 18.8. The fourth-order valence-electron chi connectivity index (χ4n) is 3.28. The number of fused-ring (bicyclic) bond motifs is 1. The van der Waals surface area contributed by atoms with Crippen molar-refractivity contribution in [3.05, 3.63) is 75.5 Å². The van der Waals surface area contributed by atoms with Crippen LogP contribution < -0.4 is 5.32 Å². The van der Waals surface area contributed by atoms with Crippen LogP contribution in [0.15, 0.2) is 57.6 Å². The molecule has 3 aromatic rings. The van der Waals surface area contributed by atoms with Crippen molar-refractivity contribution in [3.8, 4) is 0 Å². The second-order valence-electron chi connectivity index (χ2n) is 6.63. The zero-order valence-electron chi connectivity index (χ0n) is 14.7. The minimum atomic E-state index is -3.87. The summed E-state index contributed by atoms with van der Waals surface area (Å²) in [5.74, 6) is -2.44. The Labute approximate surface area is 164 Å². The SMILES string of the molecule is Cc1ccc(S(=O)(=O)c2csc3c2NC(=O)CC3c2cc(F)ccc2F)cc1. The van der Waals surface area contributed by atoms with Crippen LogP contribution in [0, 0.1) is 18.6 Å². The molecule has 0 saturated carbocycles. The summed E-state index contributed by atoms with van der Waals surface area (Å²) in [5.41, 5.74) is 1.11. The maximum Gasteiger partial charge on any atom is 0.225 e. The van der Waals surface area contributed by atoms with E-state index >= 15 is 0 Å². The molecule has 4 nitrogen and oxygen atoms in total. The van der Waals surface area contributed by atoms with Gasteiger partial charge in [0.05, 0.1) is 10.6 Å². The predicted molar refractivity (Wildman–Crippen MR) is 102 cm³/mol. The number of thiophene rings is 1. The minimum Gasteiger partial charge on any atom is -0.324 e. The molecule has 0 fully saturated rings. The zero-order chi connectivity index (χ0) is 20.1. The first-order valence-electron chi connectivity index (χ1n) is 8.45. The maximum absolute atomic E-state index is 14.3. The Bertz CT molecular complexity index is 1180. The summed E-state index contributed by atoms with van der Waals surface area (Å²) >= 11 is 1.11. The summed E-state index contributed by atoms with van der Waals surface area (Å²) in [6.45, 7) is 1.85. The average Bonchev–Trinajstić information content (AvgIpc) is 3.08. The van der Waals surface area contributed by atoms with Crippen LogP contribution in [0.1, 0.15) is 28.3 Å². The van der Waals surface area contributed by atoms with E-state index in [1.54, 1.807) is 12.1 Å². The summed E-state index contributed by atoms with van der Waals surface area (Å²) in [6, 6.07) is 9.45. The highest BCUT2D eigenvalue weighted by molar-refractivity contribution is 7.91. The number of anilines is 1. The van der Waals surface area contributed by atoms with Gasteiger partial charge in [-0.25, -0.2) is 17.2 Å². The molecule has 1 aliphatic rings. The standard InChI is InChI=1S/C20H15F2NO3S2/c1-11-2-5-13(6-3-11)28(25,26)17-10-27-20-15(9-18(24)23-19(17)20)14-8-12(21)4-7-16(14)22/h2-8,10,15H,9H2,1H3,(H,23,24). The van der Waals surface area contributed by atoms with E-state index in [0.717, 1.165) is 35.1 Å². The molecule has 0 radical (unpaired) electrons. The molecular weight excluding hydrogens is 404 g/mol. The number of sulfone groups is 1. The van der Waals surface area contributed by atoms with E-state index in [-0.39, 0.29) is 27.5 Å². The van der Waals surface area contributed by atoms with Gasteiger partial charge >= 0.3 is 0 Å². The molecule has 1 atom stereocenters. The van der Waals surface area contributed by atoms with E-state index in [2.05, 4.69) is 5.32 Å². The van der Waals surface area contributed by atoms with E-state index in [9.17, 15) is 22.0 Å². The van der Waals surface area contributed by atoms with Gasteiger partial charge < -0.3 is 5.32 Å². The molecule has 0 bridgehead atoms. The molecule has 1 unspecified atom stereocenters. The number of halogens is 2. The number of amides is 1. The lowest BCUT2D eigenvalue weighted by atomic mass is 9.90. The van der Waals surface area contributed by atoms with Crippen molar-refractivity contribution in [1.29, 1.82) is 0 Å². The van der Waals surface area contributed by atoms with Gasteiger partial charge in [-0.15, -0.1) is 11.3 Å². The Hall–Kier alpha value is -2.58. The molecule has 8 heteroatoms. The quantitative estimate of drug-likeness (QED) is 0.673. The molecule has 144 valence electrons.